The summed E-state index contributed by atoms with van der Waals surface area (Å²) in [6.07, 6.45) is 6.32. The molecule has 20 heavy (non-hydrogen) atoms. The maximum Gasteiger partial charge on any atom is 0.276 e. The third kappa shape index (κ3) is 2.83. The molecule has 2 aliphatic rings. The van der Waals surface area contributed by atoms with Gasteiger partial charge in [-0.3, -0.25) is 4.79 Å². The molecule has 0 bridgehead atoms. The molecule has 1 aliphatic carbocycles. The zero-order valence-corrected chi connectivity index (χ0v) is 12.7. The first-order valence-corrected chi connectivity index (χ1v) is 7.23. The Morgan fingerprint density at radius 3 is 2.95 bits per heavy atom. The van der Waals surface area contributed by atoms with Crippen molar-refractivity contribution in [2.24, 2.45) is 0 Å². The topological polar surface area (TPSA) is 58.4 Å². The van der Waals surface area contributed by atoms with E-state index in [-0.39, 0.29) is 18.3 Å². The minimum atomic E-state index is 0. The smallest absolute Gasteiger partial charge is 0.276 e. The number of piperidine rings is 1. The molecule has 2 heterocycles. The predicted octanol–water partition coefficient (Wildman–Crippen LogP) is 1.80. The number of halogens is 1. The lowest BCUT2D eigenvalue weighted by Crippen LogP contribution is -2.47. The maximum absolute atomic E-state index is 12.6. The van der Waals surface area contributed by atoms with E-state index in [4.69, 9.17) is 4.52 Å². The highest BCUT2D eigenvalue weighted by atomic mass is 35.5. The molecule has 1 N–H and O–H groups in total. The Bertz CT molecular complexity index is 475. The van der Waals surface area contributed by atoms with Crippen LogP contribution in [0.1, 0.15) is 47.5 Å². The van der Waals surface area contributed by atoms with E-state index >= 15 is 0 Å². The Balaban J connectivity index is 0.00000147. The van der Waals surface area contributed by atoms with Crippen LogP contribution in [0.15, 0.2) is 4.52 Å². The average molecular weight is 300 g/mol. The monoisotopic (exact) mass is 299 g/mol. The van der Waals surface area contributed by atoms with Crippen molar-refractivity contribution < 1.29 is 9.32 Å². The summed E-state index contributed by atoms with van der Waals surface area (Å²) in [6, 6.07) is 0.403. The van der Waals surface area contributed by atoms with Gasteiger partial charge in [-0.25, -0.2) is 0 Å². The summed E-state index contributed by atoms with van der Waals surface area (Å²) in [5.74, 6) is 0.976. The van der Waals surface area contributed by atoms with Gasteiger partial charge in [0, 0.05) is 31.1 Å². The van der Waals surface area contributed by atoms with Crippen molar-refractivity contribution in [3.05, 3.63) is 17.0 Å². The predicted molar refractivity (Wildman–Crippen MR) is 78.4 cm³/mol. The van der Waals surface area contributed by atoms with Crippen molar-refractivity contribution in [2.45, 2.75) is 44.6 Å². The Morgan fingerprint density at radius 2 is 2.15 bits per heavy atom. The fourth-order valence-electron chi connectivity index (χ4n) is 3.10. The lowest BCUT2D eigenvalue weighted by Gasteiger charge is -2.32. The number of nitrogens with one attached hydrogen (secondary N) is 1. The minimum absolute atomic E-state index is 0. The molecule has 1 aliphatic heterocycles. The molecule has 1 aromatic heterocycles. The van der Waals surface area contributed by atoms with Crippen molar-refractivity contribution in [3.63, 3.8) is 0 Å². The van der Waals surface area contributed by atoms with Crippen molar-refractivity contribution >= 4 is 18.3 Å². The molecule has 3 rings (SSSR count). The second-order valence-electron chi connectivity index (χ2n) is 5.52. The lowest BCUT2D eigenvalue weighted by atomic mass is 9.95. The summed E-state index contributed by atoms with van der Waals surface area (Å²) in [7, 11) is 1.95. The molecule has 1 saturated heterocycles. The quantitative estimate of drug-likeness (QED) is 0.905. The number of hydrogen-bond acceptors (Lipinski definition) is 4. The number of rotatable bonds is 2. The first-order valence-electron chi connectivity index (χ1n) is 7.23. The van der Waals surface area contributed by atoms with Gasteiger partial charge in [0.15, 0.2) is 5.69 Å². The summed E-state index contributed by atoms with van der Waals surface area (Å²) < 4.78 is 5.34. The minimum Gasteiger partial charge on any atom is -0.360 e. The summed E-state index contributed by atoms with van der Waals surface area (Å²) in [5, 5.41) is 7.30. The molecular formula is C14H22ClN3O2. The van der Waals surface area contributed by atoms with Crippen LogP contribution in [0.3, 0.4) is 0 Å². The zero-order chi connectivity index (χ0) is 13.2. The number of carbonyl (C=O) groups excluding carboxylic acids is 1. The molecule has 1 atom stereocenters. The van der Waals surface area contributed by atoms with E-state index in [9.17, 15) is 4.79 Å². The Kier molecular flexibility index (Phi) is 5.05. The molecule has 0 aromatic carbocycles. The van der Waals surface area contributed by atoms with E-state index in [1.54, 1.807) is 0 Å². The first kappa shape index (κ1) is 15.3. The van der Waals surface area contributed by atoms with Crippen LogP contribution in [0.5, 0.6) is 0 Å². The molecule has 1 amide bonds. The van der Waals surface area contributed by atoms with Crippen LogP contribution < -0.4 is 5.32 Å². The van der Waals surface area contributed by atoms with E-state index in [1.807, 2.05) is 11.9 Å². The van der Waals surface area contributed by atoms with Crippen LogP contribution in [-0.4, -0.2) is 42.1 Å². The highest BCUT2D eigenvalue weighted by Gasteiger charge is 2.29. The number of likely N-dealkylation sites (tertiary alicyclic amines) is 1. The van der Waals surface area contributed by atoms with Gasteiger partial charge >= 0.3 is 0 Å². The fraction of sp³-hybridized carbons (Fsp3) is 0.714. The van der Waals surface area contributed by atoms with Crippen molar-refractivity contribution in [1.29, 1.82) is 0 Å². The van der Waals surface area contributed by atoms with Crippen LogP contribution in [0.4, 0.5) is 0 Å². The SMILES string of the molecule is CNC1CCCN(C(=O)c2noc3c2CCCC3)C1.Cl. The number of likely N-dealkylation sites (N-methyl/N-ethyl adjacent to an activating group) is 1. The Morgan fingerprint density at radius 1 is 1.35 bits per heavy atom. The normalized spacial score (nSPS) is 22.1. The summed E-state index contributed by atoms with van der Waals surface area (Å²) in [5.41, 5.74) is 1.62. The van der Waals surface area contributed by atoms with E-state index < -0.39 is 0 Å². The van der Waals surface area contributed by atoms with Gasteiger partial charge in [-0.1, -0.05) is 5.16 Å². The van der Waals surface area contributed by atoms with E-state index in [0.717, 1.165) is 62.9 Å². The molecular weight excluding hydrogens is 278 g/mol. The van der Waals surface area contributed by atoms with Gasteiger partial charge in [0.2, 0.25) is 0 Å². The van der Waals surface area contributed by atoms with Crippen LogP contribution in [0.2, 0.25) is 0 Å². The van der Waals surface area contributed by atoms with E-state index in [1.165, 1.54) is 0 Å². The van der Waals surface area contributed by atoms with Crippen LogP contribution >= 0.6 is 12.4 Å². The van der Waals surface area contributed by atoms with Gasteiger partial charge in [0.25, 0.3) is 5.91 Å². The third-order valence-electron chi connectivity index (χ3n) is 4.27. The molecule has 1 unspecified atom stereocenters. The van der Waals surface area contributed by atoms with Crippen LogP contribution in [-0.2, 0) is 12.8 Å². The molecule has 112 valence electrons. The standard InChI is InChI=1S/C14H21N3O2.ClH/c1-15-10-5-4-8-17(9-10)14(18)13-11-6-2-3-7-12(11)19-16-13;/h10,15H,2-9H2,1H3;1H. The molecule has 1 aromatic rings. The highest BCUT2D eigenvalue weighted by molar-refractivity contribution is 5.94. The highest BCUT2D eigenvalue weighted by Crippen LogP contribution is 2.25. The zero-order valence-electron chi connectivity index (χ0n) is 11.9. The average Bonchev–Trinajstić information content (AvgIpc) is 2.90. The molecule has 1 fully saturated rings. The number of hydrogen-bond donors (Lipinski definition) is 1. The van der Waals surface area contributed by atoms with E-state index in [2.05, 4.69) is 10.5 Å². The number of nitrogens with zero attached hydrogens (tertiary/aromatic N) is 2. The summed E-state index contributed by atoms with van der Waals surface area (Å²) >= 11 is 0. The maximum atomic E-state index is 12.6. The van der Waals surface area contributed by atoms with Gasteiger partial charge in [-0.2, -0.15) is 0 Å². The van der Waals surface area contributed by atoms with E-state index in [0.29, 0.717) is 11.7 Å². The summed E-state index contributed by atoms with van der Waals surface area (Å²) in [6.45, 7) is 1.61. The molecule has 6 heteroatoms. The number of amides is 1. The number of fused-ring (bicyclic) bond motifs is 1. The van der Waals surface area contributed by atoms with Crippen LogP contribution in [0, 0.1) is 0 Å². The van der Waals surface area contributed by atoms with Crippen LogP contribution in [0.25, 0.3) is 0 Å². The molecule has 0 spiro atoms. The largest absolute Gasteiger partial charge is 0.360 e. The summed E-state index contributed by atoms with van der Waals surface area (Å²) in [4.78, 5) is 14.5. The third-order valence-corrected chi connectivity index (χ3v) is 4.27. The Labute approximate surface area is 125 Å². The number of aryl methyl sites for hydroxylation is 1. The molecule has 0 saturated carbocycles. The molecule has 0 radical (unpaired) electrons. The number of carbonyl (C=O) groups is 1. The van der Waals surface area contributed by atoms with Crippen molar-refractivity contribution in [2.75, 3.05) is 20.1 Å². The van der Waals surface area contributed by atoms with Crippen molar-refractivity contribution in [3.8, 4) is 0 Å². The Hall–Kier alpha value is -1.07. The lowest BCUT2D eigenvalue weighted by molar-refractivity contribution is 0.0686. The fourth-order valence-corrected chi connectivity index (χ4v) is 3.10. The van der Waals surface area contributed by atoms with Gasteiger partial charge in [0.1, 0.15) is 5.76 Å². The van der Waals surface area contributed by atoms with Gasteiger partial charge in [0.05, 0.1) is 0 Å². The number of aromatic nitrogens is 1. The molecule has 5 nitrogen and oxygen atoms in total. The van der Waals surface area contributed by atoms with Gasteiger partial charge in [-0.05, 0) is 39.2 Å². The first-order chi connectivity index (χ1) is 9.29. The second kappa shape index (κ2) is 6.59. The van der Waals surface area contributed by atoms with Gasteiger partial charge in [-0.15, -0.1) is 12.4 Å². The van der Waals surface area contributed by atoms with Crippen molar-refractivity contribution in [1.82, 2.24) is 15.4 Å². The second-order valence-corrected chi connectivity index (χ2v) is 5.52. The van der Waals surface area contributed by atoms with Gasteiger partial charge < -0.3 is 14.7 Å².